The third-order valence-electron chi connectivity index (χ3n) is 2.17. The maximum atomic E-state index is 4.31. The highest BCUT2D eigenvalue weighted by Crippen LogP contribution is 2.19. The summed E-state index contributed by atoms with van der Waals surface area (Å²) in [7, 11) is 0. The van der Waals surface area contributed by atoms with Crippen molar-refractivity contribution < 1.29 is 0 Å². The van der Waals surface area contributed by atoms with Crippen molar-refractivity contribution in [3.05, 3.63) is 16.6 Å². The predicted molar refractivity (Wildman–Crippen MR) is 59.3 cm³/mol. The molecule has 2 rings (SSSR count). The summed E-state index contributed by atoms with van der Waals surface area (Å²) >= 11 is 3.83. The van der Waals surface area contributed by atoms with Crippen LogP contribution in [0.15, 0.2) is 11.6 Å². The van der Waals surface area contributed by atoms with E-state index in [9.17, 15) is 0 Å². The molecule has 2 nitrogen and oxygen atoms in total. The highest BCUT2D eigenvalue weighted by atomic mass is 32.2. The van der Waals surface area contributed by atoms with E-state index in [0.717, 1.165) is 11.8 Å². The maximum absolute atomic E-state index is 4.31. The van der Waals surface area contributed by atoms with Gasteiger partial charge in [-0.1, -0.05) is 6.92 Å². The van der Waals surface area contributed by atoms with Gasteiger partial charge in [0.25, 0.3) is 0 Å². The maximum Gasteiger partial charge on any atom is 0.107 e. The Kier molecular flexibility index (Phi) is 3.24. The van der Waals surface area contributed by atoms with Crippen molar-refractivity contribution in [3.63, 3.8) is 0 Å². The SMILES string of the molecule is CC1CN(Cc2nccs2)CCS1. The summed E-state index contributed by atoms with van der Waals surface area (Å²) in [5, 5.41) is 4.09. The van der Waals surface area contributed by atoms with Gasteiger partial charge in [0.05, 0.1) is 6.54 Å². The fraction of sp³-hybridized carbons (Fsp3) is 0.667. The van der Waals surface area contributed by atoms with E-state index in [1.165, 1.54) is 23.8 Å². The quantitative estimate of drug-likeness (QED) is 0.750. The first-order chi connectivity index (χ1) is 6.34. The van der Waals surface area contributed by atoms with Crippen molar-refractivity contribution in [2.45, 2.75) is 18.7 Å². The van der Waals surface area contributed by atoms with E-state index >= 15 is 0 Å². The Morgan fingerprint density at radius 3 is 3.31 bits per heavy atom. The molecule has 0 aliphatic carbocycles. The summed E-state index contributed by atoms with van der Waals surface area (Å²) in [6, 6.07) is 0. The second-order valence-corrected chi connectivity index (χ2v) is 5.87. The van der Waals surface area contributed by atoms with Crippen molar-refractivity contribution in [3.8, 4) is 0 Å². The Morgan fingerprint density at radius 1 is 1.69 bits per heavy atom. The van der Waals surface area contributed by atoms with Crippen molar-refractivity contribution in [1.82, 2.24) is 9.88 Å². The van der Waals surface area contributed by atoms with E-state index in [4.69, 9.17) is 0 Å². The molecule has 1 atom stereocenters. The fourth-order valence-electron chi connectivity index (χ4n) is 1.56. The topological polar surface area (TPSA) is 16.1 Å². The number of hydrogen-bond donors (Lipinski definition) is 0. The van der Waals surface area contributed by atoms with Gasteiger partial charge in [-0.25, -0.2) is 4.98 Å². The average Bonchev–Trinajstić information content (AvgIpc) is 2.57. The van der Waals surface area contributed by atoms with Gasteiger partial charge >= 0.3 is 0 Å². The molecule has 1 aliphatic heterocycles. The molecular weight excluding hydrogens is 200 g/mol. The third kappa shape index (κ3) is 2.69. The Labute approximate surface area is 87.4 Å². The molecule has 13 heavy (non-hydrogen) atoms. The first-order valence-corrected chi connectivity index (χ1v) is 6.50. The molecular formula is C9H14N2S2. The lowest BCUT2D eigenvalue weighted by molar-refractivity contribution is 0.278. The molecule has 0 aromatic carbocycles. The molecule has 0 bridgehead atoms. The van der Waals surface area contributed by atoms with Crippen LogP contribution in [-0.2, 0) is 6.54 Å². The number of aromatic nitrogens is 1. The number of hydrogen-bond acceptors (Lipinski definition) is 4. The molecule has 1 aliphatic rings. The third-order valence-corrected chi connectivity index (χ3v) is 4.07. The Morgan fingerprint density at radius 2 is 2.62 bits per heavy atom. The summed E-state index contributed by atoms with van der Waals surface area (Å²) in [5.74, 6) is 1.27. The van der Waals surface area contributed by atoms with E-state index in [2.05, 4.69) is 33.9 Å². The smallest absolute Gasteiger partial charge is 0.107 e. The lowest BCUT2D eigenvalue weighted by Crippen LogP contribution is -2.35. The molecule has 0 spiro atoms. The molecule has 2 heterocycles. The summed E-state index contributed by atoms with van der Waals surface area (Å²) in [6.45, 7) is 5.78. The largest absolute Gasteiger partial charge is 0.295 e. The lowest BCUT2D eigenvalue weighted by atomic mass is 10.4. The van der Waals surface area contributed by atoms with Crippen LogP contribution in [0.2, 0.25) is 0 Å². The van der Waals surface area contributed by atoms with Gasteiger partial charge in [-0.3, -0.25) is 4.90 Å². The molecule has 1 aromatic rings. The average molecular weight is 214 g/mol. The summed E-state index contributed by atoms with van der Waals surface area (Å²) in [5.41, 5.74) is 0. The Hall–Kier alpha value is -0.0600. The van der Waals surface area contributed by atoms with Crippen LogP contribution in [0.1, 0.15) is 11.9 Å². The van der Waals surface area contributed by atoms with Crippen molar-refractivity contribution in [2.75, 3.05) is 18.8 Å². The number of thiazole rings is 1. The minimum atomic E-state index is 0.786. The Balaban J connectivity index is 1.87. The van der Waals surface area contributed by atoms with Crippen molar-refractivity contribution in [2.24, 2.45) is 0 Å². The molecule has 1 saturated heterocycles. The Bertz CT molecular complexity index is 248. The van der Waals surface area contributed by atoms with Gasteiger partial charge in [0.1, 0.15) is 5.01 Å². The van der Waals surface area contributed by atoms with Gasteiger partial charge in [-0.05, 0) is 0 Å². The predicted octanol–water partition coefficient (Wildman–Crippen LogP) is 2.08. The minimum Gasteiger partial charge on any atom is -0.295 e. The highest BCUT2D eigenvalue weighted by molar-refractivity contribution is 7.99. The highest BCUT2D eigenvalue weighted by Gasteiger charge is 2.16. The van der Waals surface area contributed by atoms with Crippen LogP contribution in [0.3, 0.4) is 0 Å². The number of rotatable bonds is 2. The van der Waals surface area contributed by atoms with Gasteiger partial charge in [0.15, 0.2) is 0 Å². The molecule has 0 N–H and O–H groups in total. The summed E-state index contributed by atoms with van der Waals surface area (Å²) in [6.07, 6.45) is 1.89. The number of thioether (sulfide) groups is 1. The first kappa shape index (κ1) is 9.49. The molecule has 0 saturated carbocycles. The first-order valence-electron chi connectivity index (χ1n) is 4.57. The van der Waals surface area contributed by atoms with Crippen LogP contribution in [0.5, 0.6) is 0 Å². The standard InChI is InChI=1S/C9H14N2S2/c1-8-6-11(3-5-12-8)7-9-10-2-4-13-9/h2,4,8H,3,5-7H2,1H3. The van der Waals surface area contributed by atoms with Gasteiger partial charge in [0, 0.05) is 35.7 Å². The molecule has 72 valence electrons. The monoisotopic (exact) mass is 214 g/mol. The van der Waals surface area contributed by atoms with Gasteiger partial charge in [0.2, 0.25) is 0 Å². The normalized spacial score (nSPS) is 24.8. The van der Waals surface area contributed by atoms with Crippen LogP contribution in [0.4, 0.5) is 0 Å². The molecule has 1 aromatic heterocycles. The van der Waals surface area contributed by atoms with Crippen LogP contribution >= 0.6 is 23.1 Å². The van der Waals surface area contributed by atoms with Crippen LogP contribution in [0.25, 0.3) is 0 Å². The van der Waals surface area contributed by atoms with Crippen LogP contribution in [-0.4, -0.2) is 34.0 Å². The zero-order chi connectivity index (χ0) is 9.10. The van der Waals surface area contributed by atoms with Gasteiger partial charge in [-0.2, -0.15) is 11.8 Å². The lowest BCUT2D eigenvalue weighted by Gasteiger charge is -2.29. The van der Waals surface area contributed by atoms with Crippen molar-refractivity contribution >= 4 is 23.1 Å². The zero-order valence-electron chi connectivity index (χ0n) is 7.77. The minimum absolute atomic E-state index is 0.786. The van der Waals surface area contributed by atoms with Crippen LogP contribution in [0, 0.1) is 0 Å². The van der Waals surface area contributed by atoms with Gasteiger partial charge < -0.3 is 0 Å². The molecule has 0 amide bonds. The van der Waals surface area contributed by atoms with Gasteiger partial charge in [-0.15, -0.1) is 11.3 Å². The van der Waals surface area contributed by atoms with E-state index in [0.29, 0.717) is 0 Å². The molecule has 0 radical (unpaired) electrons. The molecule has 4 heteroatoms. The molecule has 1 unspecified atom stereocenters. The second-order valence-electron chi connectivity index (χ2n) is 3.34. The summed E-state index contributed by atoms with van der Waals surface area (Å²) < 4.78 is 0. The molecule has 1 fully saturated rings. The second kappa shape index (κ2) is 4.44. The van der Waals surface area contributed by atoms with Crippen LogP contribution < -0.4 is 0 Å². The zero-order valence-corrected chi connectivity index (χ0v) is 9.40. The number of nitrogens with zero attached hydrogens (tertiary/aromatic N) is 2. The summed E-state index contributed by atoms with van der Waals surface area (Å²) in [4.78, 5) is 6.81. The van der Waals surface area contributed by atoms with E-state index in [1.807, 2.05) is 6.20 Å². The van der Waals surface area contributed by atoms with E-state index < -0.39 is 0 Å². The fourth-order valence-corrected chi connectivity index (χ4v) is 3.30. The van der Waals surface area contributed by atoms with Crippen molar-refractivity contribution in [1.29, 1.82) is 0 Å². The van der Waals surface area contributed by atoms with E-state index in [1.54, 1.807) is 11.3 Å². The van der Waals surface area contributed by atoms with E-state index in [-0.39, 0.29) is 0 Å².